The molecule has 0 saturated heterocycles. The van der Waals surface area contributed by atoms with Crippen LogP contribution in [-0.4, -0.2) is 29.8 Å². The molecule has 0 saturated carbocycles. The number of aromatic amines is 1. The Morgan fingerprint density at radius 2 is 1.69 bits per heavy atom. The van der Waals surface area contributed by atoms with Crippen LogP contribution in [0.15, 0.2) is 48.5 Å². The highest BCUT2D eigenvalue weighted by Gasteiger charge is 2.16. The highest BCUT2D eigenvalue weighted by atomic mass is 35.5. The fourth-order valence-electron chi connectivity index (χ4n) is 3.70. The average molecular weight is 530 g/mol. The number of rotatable bonds is 6. The third kappa shape index (κ3) is 6.99. The minimum atomic E-state index is -0.534. The highest BCUT2D eigenvalue weighted by molar-refractivity contribution is 6.32. The van der Waals surface area contributed by atoms with Gasteiger partial charge in [-0.25, -0.2) is 4.79 Å². The van der Waals surface area contributed by atoms with Crippen molar-refractivity contribution in [2.45, 2.75) is 47.1 Å². The van der Waals surface area contributed by atoms with Gasteiger partial charge in [0.25, 0.3) is 0 Å². The van der Waals surface area contributed by atoms with E-state index in [0.29, 0.717) is 23.1 Å². The summed E-state index contributed by atoms with van der Waals surface area (Å²) in [7, 11) is 0. The van der Waals surface area contributed by atoms with Crippen molar-refractivity contribution in [1.82, 2.24) is 10.3 Å². The summed E-state index contributed by atoms with van der Waals surface area (Å²) in [6.07, 6.45) is -0.439. The molecule has 0 fully saturated rings. The Morgan fingerprint density at radius 3 is 2.39 bits per heavy atom. The number of hydrogen-bond donors (Lipinski definition) is 4. The number of alkyl carbamates (subject to hydrolysis) is 1. The van der Waals surface area contributed by atoms with Gasteiger partial charge in [0.05, 0.1) is 11.2 Å². The molecule has 4 N–H and O–H groups in total. The fraction of sp³-hybridized carbons (Fsp3) is 0.321. The fourth-order valence-corrected chi connectivity index (χ4v) is 4.05. The van der Waals surface area contributed by atoms with E-state index < -0.39 is 11.7 Å². The number of carbonyl (C=O) groups excluding carboxylic acids is 1. The number of hydrogen-bond acceptors (Lipinski definition) is 4. The predicted molar refractivity (Wildman–Crippen MR) is 154 cm³/mol. The number of fused-ring (bicyclic) bond motifs is 3. The largest absolute Gasteiger partial charge is 0.444 e. The average Bonchev–Trinajstić information content (AvgIpc) is 3.17. The van der Waals surface area contributed by atoms with Gasteiger partial charge in [-0.05, 0) is 75.7 Å². The van der Waals surface area contributed by atoms with Crippen LogP contribution in [0.2, 0.25) is 10.0 Å². The van der Waals surface area contributed by atoms with Gasteiger partial charge < -0.3 is 25.7 Å². The van der Waals surface area contributed by atoms with E-state index in [0.717, 1.165) is 44.4 Å². The van der Waals surface area contributed by atoms with Gasteiger partial charge in [-0.15, -0.1) is 0 Å². The minimum Gasteiger partial charge on any atom is -0.444 e. The third-order valence-electron chi connectivity index (χ3n) is 5.24. The molecule has 1 heterocycles. The summed E-state index contributed by atoms with van der Waals surface area (Å²) < 4.78 is 5.30. The minimum absolute atomic E-state index is 0.410. The molecule has 0 aliphatic rings. The molecule has 1 aromatic heterocycles. The summed E-state index contributed by atoms with van der Waals surface area (Å²) >= 11 is 12.6. The van der Waals surface area contributed by atoms with Crippen molar-refractivity contribution >= 4 is 68.2 Å². The lowest BCUT2D eigenvalue weighted by Crippen LogP contribution is -2.35. The maximum Gasteiger partial charge on any atom is 0.407 e. The van der Waals surface area contributed by atoms with E-state index in [9.17, 15) is 4.79 Å². The first kappa shape index (κ1) is 27.5. The zero-order chi connectivity index (χ0) is 26.5. The van der Waals surface area contributed by atoms with Gasteiger partial charge in [-0.2, -0.15) is 0 Å². The van der Waals surface area contributed by atoms with E-state index in [1.165, 1.54) is 0 Å². The molecule has 0 aliphatic heterocycles. The number of nitrogens with one attached hydrogen (secondary N) is 4. The van der Waals surface area contributed by atoms with E-state index in [-0.39, 0.29) is 0 Å². The number of anilines is 3. The topological polar surface area (TPSA) is 78.2 Å². The SMILES string of the molecule is CC.Cc1ccc(Nc2cc(NCCNC(=O)OC(C)(C)C)c3[nH]c4ccc(Cl)cc4c3c2)cc1Cl. The lowest BCUT2D eigenvalue weighted by atomic mass is 10.1. The third-order valence-corrected chi connectivity index (χ3v) is 5.88. The summed E-state index contributed by atoms with van der Waals surface area (Å²) in [6, 6.07) is 15.8. The number of ether oxygens (including phenoxy) is 1. The molecular weight excluding hydrogens is 495 g/mol. The van der Waals surface area contributed by atoms with Gasteiger partial charge in [0.15, 0.2) is 0 Å². The van der Waals surface area contributed by atoms with Crippen LogP contribution >= 0.6 is 23.2 Å². The molecule has 0 radical (unpaired) electrons. The van der Waals surface area contributed by atoms with Crippen LogP contribution in [0.4, 0.5) is 21.9 Å². The number of benzene rings is 3. The Morgan fingerprint density at radius 1 is 0.944 bits per heavy atom. The van der Waals surface area contributed by atoms with Crippen molar-refractivity contribution in [3.63, 3.8) is 0 Å². The second kappa shape index (κ2) is 11.8. The van der Waals surface area contributed by atoms with Crippen LogP contribution in [0.25, 0.3) is 21.8 Å². The number of aromatic nitrogens is 1. The quantitative estimate of drug-likeness (QED) is 0.189. The van der Waals surface area contributed by atoms with Gasteiger partial charge >= 0.3 is 6.09 Å². The molecule has 4 aromatic rings. The van der Waals surface area contributed by atoms with Crippen LogP contribution in [-0.2, 0) is 4.74 Å². The van der Waals surface area contributed by atoms with E-state index in [4.69, 9.17) is 27.9 Å². The number of aryl methyl sites for hydroxylation is 1. The van der Waals surface area contributed by atoms with Crippen LogP contribution in [0, 0.1) is 6.92 Å². The van der Waals surface area contributed by atoms with Gasteiger partial charge in [0.1, 0.15) is 5.60 Å². The molecule has 4 rings (SSSR count). The second-order valence-corrected chi connectivity index (χ2v) is 10.0. The van der Waals surface area contributed by atoms with Gasteiger partial charge in [-0.3, -0.25) is 0 Å². The number of halogens is 2. The predicted octanol–water partition coefficient (Wildman–Crippen LogP) is 8.64. The molecule has 0 spiro atoms. The zero-order valence-corrected chi connectivity index (χ0v) is 23.1. The standard InChI is InChI=1S/C26H28Cl2N4O2.C2H6/c1-15-5-7-17(13-21(15)28)31-18-12-20-19-11-16(27)6-8-22(19)32-24(20)23(14-18)29-9-10-30-25(33)34-26(2,3)4;1-2/h5-8,11-14,29,31-32H,9-10H2,1-4H3,(H,30,33);1-2H3. The molecule has 0 atom stereocenters. The Labute approximate surface area is 222 Å². The van der Waals surface area contributed by atoms with Gasteiger partial charge in [0, 0.05) is 50.8 Å². The molecular formula is C28H34Cl2N4O2. The van der Waals surface area contributed by atoms with E-state index in [1.807, 2.05) is 84.0 Å². The molecule has 0 unspecified atom stereocenters. The molecule has 6 nitrogen and oxygen atoms in total. The van der Waals surface area contributed by atoms with Crippen molar-refractivity contribution in [1.29, 1.82) is 0 Å². The molecule has 192 valence electrons. The van der Waals surface area contributed by atoms with Crippen molar-refractivity contribution in [2.75, 3.05) is 23.7 Å². The Bertz CT molecular complexity index is 1360. The summed E-state index contributed by atoms with van der Waals surface area (Å²) in [5.74, 6) is 0. The maximum absolute atomic E-state index is 11.9. The molecule has 1 amide bonds. The normalized spacial score (nSPS) is 11.1. The van der Waals surface area contributed by atoms with Crippen LogP contribution in [0.1, 0.15) is 40.2 Å². The number of amides is 1. The van der Waals surface area contributed by atoms with Crippen molar-refractivity contribution in [3.8, 4) is 0 Å². The summed E-state index contributed by atoms with van der Waals surface area (Å²) in [5.41, 5.74) is 5.13. The molecule has 0 aliphatic carbocycles. The van der Waals surface area contributed by atoms with Crippen LogP contribution in [0.5, 0.6) is 0 Å². The lowest BCUT2D eigenvalue weighted by molar-refractivity contribution is 0.0530. The Kier molecular flexibility index (Phi) is 8.98. The van der Waals surface area contributed by atoms with Crippen molar-refractivity contribution in [3.05, 3.63) is 64.1 Å². The van der Waals surface area contributed by atoms with E-state index in [2.05, 4.69) is 27.0 Å². The van der Waals surface area contributed by atoms with Gasteiger partial charge in [-0.1, -0.05) is 43.1 Å². The van der Waals surface area contributed by atoms with Crippen molar-refractivity contribution in [2.24, 2.45) is 0 Å². The Hall–Kier alpha value is -3.09. The molecule has 8 heteroatoms. The zero-order valence-electron chi connectivity index (χ0n) is 21.6. The second-order valence-electron chi connectivity index (χ2n) is 9.21. The first-order valence-corrected chi connectivity index (χ1v) is 12.8. The van der Waals surface area contributed by atoms with E-state index >= 15 is 0 Å². The van der Waals surface area contributed by atoms with Gasteiger partial charge in [0.2, 0.25) is 0 Å². The summed E-state index contributed by atoms with van der Waals surface area (Å²) in [5, 5.41) is 13.1. The lowest BCUT2D eigenvalue weighted by Gasteiger charge is -2.19. The number of H-pyrrole nitrogens is 1. The molecule has 36 heavy (non-hydrogen) atoms. The van der Waals surface area contributed by atoms with E-state index in [1.54, 1.807) is 0 Å². The smallest absolute Gasteiger partial charge is 0.407 e. The molecule has 0 bridgehead atoms. The Balaban J connectivity index is 0.00000176. The first-order valence-electron chi connectivity index (χ1n) is 12.1. The monoisotopic (exact) mass is 528 g/mol. The highest BCUT2D eigenvalue weighted by Crippen LogP contribution is 2.36. The molecule has 3 aromatic carbocycles. The van der Waals surface area contributed by atoms with Crippen LogP contribution in [0.3, 0.4) is 0 Å². The van der Waals surface area contributed by atoms with Crippen molar-refractivity contribution < 1.29 is 9.53 Å². The first-order chi connectivity index (χ1) is 17.1. The summed E-state index contributed by atoms with van der Waals surface area (Å²) in [6.45, 7) is 12.4. The summed E-state index contributed by atoms with van der Waals surface area (Å²) in [4.78, 5) is 15.4. The van der Waals surface area contributed by atoms with Crippen LogP contribution < -0.4 is 16.0 Å². The maximum atomic E-state index is 11.9. The number of carbonyl (C=O) groups is 1.